The number of hydrogen-bond donors (Lipinski definition) is 0. The van der Waals surface area contributed by atoms with E-state index in [1.54, 1.807) is 0 Å². The monoisotopic (exact) mass is 656 g/mol. The molecule has 0 saturated carbocycles. The Hall–Kier alpha value is -6.12. The molecule has 0 saturated heterocycles. The first-order chi connectivity index (χ1) is 24.8. The number of rotatable bonds is 4. The molecule has 10 rings (SSSR count). The highest BCUT2D eigenvalue weighted by Crippen LogP contribution is 2.49. The van der Waals surface area contributed by atoms with E-state index in [4.69, 9.17) is 8.83 Å². The quantitative estimate of drug-likeness (QED) is 0.176. The van der Waals surface area contributed by atoms with E-state index in [1.165, 1.54) is 65.7 Å². The van der Waals surface area contributed by atoms with Gasteiger partial charge in [0.2, 0.25) is 0 Å². The van der Waals surface area contributed by atoms with Crippen LogP contribution < -0.4 is 0 Å². The maximum atomic E-state index is 6.62. The van der Waals surface area contributed by atoms with Crippen molar-refractivity contribution in [1.29, 1.82) is 0 Å². The minimum absolute atomic E-state index is 0.0693. The van der Waals surface area contributed by atoms with E-state index in [2.05, 4.69) is 155 Å². The number of para-hydroxylation sites is 2. The maximum Gasteiger partial charge on any atom is 0.136 e. The fourth-order valence-electron chi connectivity index (χ4n) is 8.07. The molecule has 2 heterocycles. The van der Waals surface area contributed by atoms with Crippen LogP contribution in [0.2, 0.25) is 0 Å². The fraction of sp³-hybridized carbons (Fsp3) is 0.102. The first-order valence-corrected chi connectivity index (χ1v) is 17.7. The maximum absolute atomic E-state index is 6.62. The van der Waals surface area contributed by atoms with Gasteiger partial charge >= 0.3 is 0 Å². The second-order valence-corrected chi connectivity index (χ2v) is 15.0. The summed E-state index contributed by atoms with van der Waals surface area (Å²) in [5.41, 5.74) is 11.4. The third kappa shape index (κ3) is 4.71. The molecule has 2 aromatic heterocycles. The van der Waals surface area contributed by atoms with Crippen molar-refractivity contribution >= 4 is 54.3 Å². The van der Waals surface area contributed by atoms with Gasteiger partial charge in [0.25, 0.3) is 0 Å². The van der Waals surface area contributed by atoms with Crippen LogP contribution in [0.3, 0.4) is 0 Å². The summed E-state index contributed by atoms with van der Waals surface area (Å²) in [5, 5.41) is 9.48. The van der Waals surface area contributed by atoms with Crippen LogP contribution in [0.1, 0.15) is 31.9 Å². The molecular formula is C49H36O2. The zero-order chi connectivity index (χ0) is 34.4. The molecule has 2 heteroatoms. The summed E-state index contributed by atoms with van der Waals surface area (Å²) in [6.07, 6.45) is 0. The fourth-order valence-corrected chi connectivity index (χ4v) is 8.07. The van der Waals surface area contributed by atoms with Gasteiger partial charge in [-0.2, -0.15) is 0 Å². The van der Waals surface area contributed by atoms with Crippen LogP contribution in [-0.4, -0.2) is 0 Å². The highest BCUT2D eigenvalue weighted by molar-refractivity contribution is 6.31. The molecule has 0 fully saturated rings. The lowest BCUT2D eigenvalue weighted by atomic mass is 9.82. The van der Waals surface area contributed by atoms with E-state index in [1.807, 2.05) is 18.2 Å². The van der Waals surface area contributed by atoms with Crippen LogP contribution in [0.5, 0.6) is 0 Å². The van der Waals surface area contributed by atoms with Gasteiger partial charge in [-0.15, -0.1) is 0 Å². The Morgan fingerprint density at radius 1 is 0.412 bits per heavy atom. The largest absolute Gasteiger partial charge is 0.456 e. The van der Waals surface area contributed by atoms with Crippen LogP contribution in [0.15, 0.2) is 154 Å². The van der Waals surface area contributed by atoms with E-state index in [-0.39, 0.29) is 5.41 Å². The Bertz CT molecular complexity index is 2880. The number of aryl methyl sites for hydroxylation is 1. The molecule has 2 nitrogen and oxygen atoms in total. The van der Waals surface area contributed by atoms with Crippen molar-refractivity contribution in [2.24, 2.45) is 0 Å². The van der Waals surface area contributed by atoms with Gasteiger partial charge in [-0.25, -0.2) is 0 Å². The number of benzene rings is 8. The molecule has 10 aromatic rings. The smallest absolute Gasteiger partial charge is 0.136 e. The molecule has 244 valence electrons. The summed E-state index contributed by atoms with van der Waals surface area (Å²) in [5.74, 6) is 1.75. The second-order valence-electron chi connectivity index (χ2n) is 15.0. The molecule has 51 heavy (non-hydrogen) atoms. The molecule has 0 aliphatic rings. The highest BCUT2D eigenvalue weighted by atomic mass is 16.3. The third-order valence-electron chi connectivity index (χ3n) is 10.7. The van der Waals surface area contributed by atoms with E-state index in [9.17, 15) is 0 Å². The molecular weight excluding hydrogens is 621 g/mol. The van der Waals surface area contributed by atoms with Crippen molar-refractivity contribution in [3.63, 3.8) is 0 Å². The van der Waals surface area contributed by atoms with Gasteiger partial charge in [-0.1, -0.05) is 136 Å². The Kier molecular flexibility index (Phi) is 6.38. The van der Waals surface area contributed by atoms with E-state index >= 15 is 0 Å². The Balaban J connectivity index is 1.36. The minimum atomic E-state index is 0.0693. The van der Waals surface area contributed by atoms with Crippen LogP contribution in [0.25, 0.3) is 99.2 Å². The summed E-state index contributed by atoms with van der Waals surface area (Å²) in [6, 6.07) is 52.8. The normalized spacial score (nSPS) is 12.3. The van der Waals surface area contributed by atoms with Crippen molar-refractivity contribution < 1.29 is 8.83 Å². The van der Waals surface area contributed by atoms with Gasteiger partial charge in [0, 0.05) is 21.9 Å². The SMILES string of the molecule is Cc1cccc(-c2cc(-c3cc4ccccc4o3)c3ccc4c(-c5ccc(C(C)(C)C)cc5)cc(-c5cc6ccccc6o5)c5ccc2c3c45)c1. The average molecular weight is 657 g/mol. The van der Waals surface area contributed by atoms with Gasteiger partial charge in [-0.05, 0) is 109 Å². The summed E-state index contributed by atoms with van der Waals surface area (Å²) in [6.45, 7) is 8.96. The van der Waals surface area contributed by atoms with Gasteiger partial charge in [0.1, 0.15) is 22.7 Å². The number of furan rings is 2. The topological polar surface area (TPSA) is 26.3 Å². The Morgan fingerprint density at radius 3 is 1.39 bits per heavy atom. The number of hydrogen-bond acceptors (Lipinski definition) is 2. The van der Waals surface area contributed by atoms with Crippen LogP contribution in [0, 0.1) is 6.92 Å². The molecule has 0 unspecified atom stereocenters. The van der Waals surface area contributed by atoms with Crippen molar-refractivity contribution in [1.82, 2.24) is 0 Å². The van der Waals surface area contributed by atoms with E-state index in [0.29, 0.717) is 0 Å². The van der Waals surface area contributed by atoms with Gasteiger partial charge in [0.05, 0.1) is 0 Å². The Morgan fingerprint density at radius 2 is 0.902 bits per heavy atom. The molecule has 0 aliphatic heterocycles. The lowest BCUT2D eigenvalue weighted by Crippen LogP contribution is -2.10. The first-order valence-electron chi connectivity index (χ1n) is 17.7. The van der Waals surface area contributed by atoms with Crippen LogP contribution in [-0.2, 0) is 5.41 Å². The zero-order valence-electron chi connectivity index (χ0n) is 29.2. The van der Waals surface area contributed by atoms with Crippen LogP contribution >= 0.6 is 0 Å². The molecule has 0 N–H and O–H groups in total. The first kappa shape index (κ1) is 29.8. The van der Waals surface area contributed by atoms with Crippen LogP contribution in [0.4, 0.5) is 0 Å². The molecule has 0 bridgehead atoms. The summed E-state index contributed by atoms with van der Waals surface area (Å²) in [4.78, 5) is 0. The lowest BCUT2D eigenvalue weighted by Gasteiger charge is -2.21. The minimum Gasteiger partial charge on any atom is -0.456 e. The number of fused-ring (bicyclic) bond motifs is 2. The summed E-state index contributed by atoms with van der Waals surface area (Å²) < 4.78 is 13.2. The van der Waals surface area contributed by atoms with E-state index in [0.717, 1.165) is 44.6 Å². The van der Waals surface area contributed by atoms with Crippen molar-refractivity contribution in [3.8, 4) is 44.9 Å². The highest BCUT2D eigenvalue weighted by Gasteiger charge is 2.23. The van der Waals surface area contributed by atoms with Gasteiger partial charge in [-0.3, -0.25) is 0 Å². The standard InChI is InChI=1S/C49H36O2/c1-29-10-9-13-31(24-29)40-28-42(46-26-33-12-6-8-15-44(33)51-46)38-22-20-35-39(30-16-18-34(19-17-30)49(2,3)4)27-41(37-23-21-36(40)48(38)47(35)37)45-25-32-11-5-7-14-43(32)50-45/h5-28H,1-4H3. The average Bonchev–Trinajstić information content (AvgIpc) is 3.78. The Labute approximate surface area is 296 Å². The molecule has 0 spiro atoms. The summed E-state index contributed by atoms with van der Waals surface area (Å²) >= 11 is 0. The van der Waals surface area contributed by atoms with Gasteiger partial charge in [0.15, 0.2) is 0 Å². The second kappa shape index (κ2) is 10.9. The van der Waals surface area contributed by atoms with E-state index < -0.39 is 0 Å². The van der Waals surface area contributed by atoms with Gasteiger partial charge < -0.3 is 8.83 Å². The predicted molar refractivity (Wildman–Crippen MR) is 215 cm³/mol. The van der Waals surface area contributed by atoms with Crippen molar-refractivity contribution in [2.45, 2.75) is 33.1 Å². The molecule has 0 aliphatic carbocycles. The summed E-state index contributed by atoms with van der Waals surface area (Å²) in [7, 11) is 0. The molecule has 0 radical (unpaired) electrons. The zero-order valence-corrected chi connectivity index (χ0v) is 29.2. The predicted octanol–water partition coefficient (Wildman–Crippen LogP) is 14.4. The third-order valence-corrected chi connectivity index (χ3v) is 10.7. The molecule has 8 aromatic carbocycles. The molecule has 0 atom stereocenters. The van der Waals surface area contributed by atoms with Crippen molar-refractivity contribution in [3.05, 3.63) is 157 Å². The lowest BCUT2D eigenvalue weighted by molar-refractivity contribution is 0.590. The molecule has 0 amide bonds. The van der Waals surface area contributed by atoms with Crippen molar-refractivity contribution in [2.75, 3.05) is 0 Å².